The molecule has 148 valence electrons. The Bertz CT molecular complexity index is 940. The van der Waals surface area contributed by atoms with Gasteiger partial charge in [-0.15, -0.1) is 5.12 Å². The van der Waals surface area contributed by atoms with Crippen molar-refractivity contribution in [1.82, 2.24) is 5.12 Å². The zero-order valence-electron chi connectivity index (χ0n) is 15.6. The maximum absolute atomic E-state index is 14.5. The Morgan fingerprint density at radius 2 is 1.79 bits per heavy atom. The molecule has 0 spiro atoms. The molecule has 0 heterocycles. The monoisotopic (exact) mass is 404 g/mol. The highest BCUT2D eigenvalue weighted by Gasteiger charge is 2.32. The van der Waals surface area contributed by atoms with Gasteiger partial charge in [-0.3, -0.25) is 0 Å². The van der Waals surface area contributed by atoms with Crippen LogP contribution in [0.3, 0.4) is 0 Å². The van der Waals surface area contributed by atoms with Gasteiger partial charge >= 0.3 is 6.09 Å². The Labute approximate surface area is 164 Å². The van der Waals surface area contributed by atoms with Crippen LogP contribution >= 0.6 is 0 Å². The lowest BCUT2D eigenvalue weighted by atomic mass is 10.1. The molecular formula is C20H21FN2O4S. The quantitative estimate of drug-likeness (QED) is 0.646. The number of halogens is 1. The van der Waals surface area contributed by atoms with Crippen molar-refractivity contribution in [2.45, 2.75) is 31.6 Å². The second-order valence-electron chi connectivity index (χ2n) is 6.26. The molecule has 1 amide bonds. The highest BCUT2D eigenvalue weighted by molar-refractivity contribution is 7.91. The van der Waals surface area contributed by atoms with Crippen molar-refractivity contribution in [2.75, 3.05) is 5.75 Å². The van der Waals surface area contributed by atoms with Crippen molar-refractivity contribution in [3.63, 3.8) is 0 Å². The van der Waals surface area contributed by atoms with E-state index in [-0.39, 0.29) is 17.3 Å². The lowest BCUT2D eigenvalue weighted by Gasteiger charge is -2.23. The summed E-state index contributed by atoms with van der Waals surface area (Å²) in [6, 6.07) is 14.9. The molecule has 0 bridgehead atoms. The fourth-order valence-corrected chi connectivity index (χ4v) is 4.34. The number of amides is 1. The van der Waals surface area contributed by atoms with E-state index >= 15 is 0 Å². The molecule has 0 aromatic heterocycles. The van der Waals surface area contributed by atoms with Crippen molar-refractivity contribution in [2.24, 2.45) is 0 Å². The first kappa shape index (κ1) is 21.4. The minimum atomic E-state index is -3.77. The van der Waals surface area contributed by atoms with Crippen LogP contribution in [0.25, 0.3) is 0 Å². The zero-order chi connectivity index (χ0) is 20.7. The Morgan fingerprint density at radius 3 is 2.32 bits per heavy atom. The fraction of sp³-hybridized carbons (Fsp3) is 0.300. The van der Waals surface area contributed by atoms with Crippen molar-refractivity contribution in [3.8, 4) is 11.8 Å². The SMILES string of the molecule is CCC(CS(=O)(=O)C(C)c1ccc(C#N)cc1)N(F)C(=O)Oc1ccccc1. The van der Waals surface area contributed by atoms with Gasteiger partial charge in [0.2, 0.25) is 0 Å². The topological polar surface area (TPSA) is 87.5 Å². The van der Waals surface area contributed by atoms with Crippen LogP contribution in [0.15, 0.2) is 54.6 Å². The summed E-state index contributed by atoms with van der Waals surface area (Å²) in [5, 5.41) is 7.76. The number of sulfone groups is 1. The largest absolute Gasteiger partial charge is 0.443 e. The average Bonchev–Trinajstić information content (AvgIpc) is 2.71. The average molecular weight is 404 g/mol. The predicted octanol–water partition coefficient (Wildman–Crippen LogP) is 4.20. The number of nitriles is 1. The number of nitrogens with zero attached hydrogens (tertiary/aromatic N) is 2. The second-order valence-corrected chi connectivity index (χ2v) is 8.63. The number of benzene rings is 2. The number of para-hydroxylation sites is 1. The molecule has 0 saturated carbocycles. The van der Waals surface area contributed by atoms with Crippen molar-refractivity contribution >= 4 is 15.9 Å². The first-order chi connectivity index (χ1) is 13.3. The number of carbonyl (C=O) groups is 1. The normalized spacial score (nSPS) is 13.2. The molecule has 8 heteroatoms. The number of rotatable bonds is 7. The summed E-state index contributed by atoms with van der Waals surface area (Å²) in [4.78, 5) is 12.0. The van der Waals surface area contributed by atoms with E-state index in [1.807, 2.05) is 6.07 Å². The third kappa shape index (κ3) is 5.30. The van der Waals surface area contributed by atoms with Gasteiger partial charge in [-0.25, -0.2) is 13.2 Å². The maximum Gasteiger partial charge on any atom is 0.443 e. The van der Waals surface area contributed by atoms with E-state index < -0.39 is 33.0 Å². The second kappa shape index (κ2) is 9.33. The molecule has 6 nitrogen and oxygen atoms in total. The lowest BCUT2D eigenvalue weighted by Crippen LogP contribution is -2.40. The molecule has 2 unspecified atom stereocenters. The van der Waals surface area contributed by atoms with Crippen LogP contribution < -0.4 is 4.74 Å². The van der Waals surface area contributed by atoms with Gasteiger partial charge < -0.3 is 4.74 Å². The number of carbonyl (C=O) groups excluding carboxylic acids is 1. The van der Waals surface area contributed by atoms with E-state index in [0.717, 1.165) is 0 Å². The Balaban J connectivity index is 2.10. The van der Waals surface area contributed by atoms with Crippen LogP contribution in [0.2, 0.25) is 0 Å². The zero-order valence-corrected chi connectivity index (χ0v) is 16.4. The third-order valence-electron chi connectivity index (χ3n) is 4.39. The molecule has 0 aliphatic rings. The first-order valence-corrected chi connectivity index (χ1v) is 10.4. The van der Waals surface area contributed by atoms with E-state index in [4.69, 9.17) is 10.00 Å². The maximum atomic E-state index is 14.5. The van der Waals surface area contributed by atoms with Gasteiger partial charge in [-0.2, -0.15) is 5.26 Å². The predicted molar refractivity (Wildman–Crippen MR) is 103 cm³/mol. The molecule has 2 atom stereocenters. The summed E-state index contributed by atoms with van der Waals surface area (Å²) in [7, 11) is -3.77. The minimum Gasteiger partial charge on any atom is -0.409 e. The summed E-state index contributed by atoms with van der Waals surface area (Å²) in [6.07, 6.45) is -1.17. The molecule has 2 aromatic carbocycles. The molecule has 2 aromatic rings. The molecule has 0 aliphatic carbocycles. The van der Waals surface area contributed by atoms with Crippen LogP contribution in [0.4, 0.5) is 9.28 Å². The van der Waals surface area contributed by atoms with Gasteiger partial charge in [0.05, 0.1) is 28.7 Å². The summed E-state index contributed by atoms with van der Waals surface area (Å²) >= 11 is 0. The summed E-state index contributed by atoms with van der Waals surface area (Å²) in [6.45, 7) is 3.09. The summed E-state index contributed by atoms with van der Waals surface area (Å²) in [5.74, 6) is -0.385. The van der Waals surface area contributed by atoms with Crippen LogP contribution in [-0.4, -0.2) is 31.4 Å². The molecule has 0 radical (unpaired) electrons. The summed E-state index contributed by atoms with van der Waals surface area (Å²) < 4.78 is 44.9. The minimum absolute atomic E-state index is 0.0969. The van der Waals surface area contributed by atoms with Crippen LogP contribution in [0, 0.1) is 11.3 Å². The van der Waals surface area contributed by atoms with Gasteiger partial charge in [-0.05, 0) is 43.2 Å². The molecule has 0 saturated heterocycles. The van der Waals surface area contributed by atoms with Gasteiger partial charge in [0.25, 0.3) is 0 Å². The van der Waals surface area contributed by atoms with Gasteiger partial charge in [0.1, 0.15) is 5.75 Å². The third-order valence-corrected chi connectivity index (χ3v) is 6.59. The number of ether oxygens (including phenoxy) is 1. The first-order valence-electron chi connectivity index (χ1n) is 8.72. The highest BCUT2D eigenvalue weighted by Crippen LogP contribution is 2.25. The molecule has 0 N–H and O–H groups in total. The molecule has 2 rings (SSSR count). The van der Waals surface area contributed by atoms with E-state index in [9.17, 15) is 17.7 Å². The van der Waals surface area contributed by atoms with E-state index in [1.54, 1.807) is 37.3 Å². The molecule has 0 aliphatic heterocycles. The molecule has 28 heavy (non-hydrogen) atoms. The lowest BCUT2D eigenvalue weighted by molar-refractivity contribution is 0.00599. The van der Waals surface area contributed by atoms with E-state index in [0.29, 0.717) is 11.1 Å². The Morgan fingerprint density at radius 1 is 1.18 bits per heavy atom. The Kier molecular flexibility index (Phi) is 7.12. The Hall–Kier alpha value is -2.92. The van der Waals surface area contributed by atoms with Gasteiger partial charge in [0.15, 0.2) is 9.84 Å². The summed E-state index contributed by atoms with van der Waals surface area (Å²) in [5.41, 5.74) is 0.907. The fourth-order valence-electron chi connectivity index (χ4n) is 2.57. The standard InChI is InChI=1S/C20H21FN2O4S/c1-3-18(23(21)20(24)27-19-7-5-4-6-8-19)14-28(25,26)15(2)17-11-9-16(13-22)10-12-17/h4-12,15,18H,3,14H2,1-2H3. The molecular weight excluding hydrogens is 383 g/mol. The van der Waals surface area contributed by atoms with Crippen LogP contribution in [-0.2, 0) is 9.84 Å². The van der Waals surface area contributed by atoms with Gasteiger partial charge in [0, 0.05) is 0 Å². The van der Waals surface area contributed by atoms with Crippen molar-refractivity contribution in [1.29, 1.82) is 5.26 Å². The van der Waals surface area contributed by atoms with Crippen LogP contribution in [0.1, 0.15) is 36.6 Å². The van der Waals surface area contributed by atoms with Crippen LogP contribution in [0.5, 0.6) is 5.75 Å². The number of hydrogen-bond donors (Lipinski definition) is 0. The molecule has 0 fully saturated rings. The van der Waals surface area contributed by atoms with Crippen molar-refractivity contribution < 1.29 is 22.4 Å². The van der Waals surface area contributed by atoms with Gasteiger partial charge in [-0.1, -0.05) is 41.7 Å². The smallest absolute Gasteiger partial charge is 0.409 e. The van der Waals surface area contributed by atoms with E-state index in [2.05, 4.69) is 0 Å². The van der Waals surface area contributed by atoms with E-state index in [1.165, 1.54) is 31.2 Å². The highest BCUT2D eigenvalue weighted by atomic mass is 32.2. The number of hydrogen-bond acceptors (Lipinski definition) is 5. The van der Waals surface area contributed by atoms with Crippen molar-refractivity contribution in [3.05, 3.63) is 65.7 Å².